The van der Waals surface area contributed by atoms with Crippen molar-refractivity contribution in [3.8, 4) is 11.8 Å². The molecular formula is C26H32N4O4Si. The highest BCUT2D eigenvalue weighted by atomic mass is 28.4. The van der Waals surface area contributed by atoms with E-state index in [9.17, 15) is 4.79 Å². The summed E-state index contributed by atoms with van der Waals surface area (Å²) in [6, 6.07) is 9.72. The minimum Gasteiger partial charge on any atom is -0.460 e. The molecule has 8 nitrogen and oxygen atoms in total. The van der Waals surface area contributed by atoms with Gasteiger partial charge in [0.25, 0.3) is 0 Å². The van der Waals surface area contributed by atoms with Gasteiger partial charge in [-0.05, 0) is 36.2 Å². The number of hydrogen-bond acceptors (Lipinski definition) is 7. The molecule has 1 saturated heterocycles. The topological polar surface area (TPSA) is 88.4 Å². The Morgan fingerprint density at radius 1 is 1.17 bits per heavy atom. The molecule has 0 spiro atoms. The van der Waals surface area contributed by atoms with Gasteiger partial charge in [-0.3, -0.25) is 9.36 Å². The van der Waals surface area contributed by atoms with E-state index in [1.807, 2.05) is 34.9 Å². The number of rotatable bonds is 5. The van der Waals surface area contributed by atoms with Crippen molar-refractivity contribution in [3.05, 3.63) is 54.2 Å². The van der Waals surface area contributed by atoms with Crippen LogP contribution in [0.3, 0.4) is 0 Å². The van der Waals surface area contributed by atoms with E-state index >= 15 is 0 Å². The molecule has 0 N–H and O–H groups in total. The standard InChI is InChI=1S/C26H32N4O4Si/c1-18(31)33-21-14-23(34-22(21)15-32-35(5,6)26(2,3)4)30-17-29-24-20(27-16-28-25(24)30)13-12-19-10-8-7-9-11-19/h7-11,16-17,21-23H,14-15H2,1-6H3/t21-,22-,23+/m0/s1. The fourth-order valence-electron chi connectivity index (χ4n) is 3.67. The summed E-state index contributed by atoms with van der Waals surface area (Å²) >= 11 is 0. The zero-order valence-electron chi connectivity index (χ0n) is 21.1. The molecule has 0 saturated carbocycles. The van der Waals surface area contributed by atoms with Gasteiger partial charge in [0.05, 0.1) is 12.9 Å². The predicted molar refractivity (Wildman–Crippen MR) is 135 cm³/mol. The number of nitrogens with zero attached hydrogens (tertiary/aromatic N) is 4. The Bertz CT molecular complexity index is 1260. The summed E-state index contributed by atoms with van der Waals surface area (Å²) in [5.41, 5.74) is 2.66. The monoisotopic (exact) mass is 492 g/mol. The van der Waals surface area contributed by atoms with Crippen molar-refractivity contribution in [2.24, 2.45) is 0 Å². The van der Waals surface area contributed by atoms with E-state index in [0.717, 1.165) is 5.56 Å². The van der Waals surface area contributed by atoms with E-state index in [1.54, 1.807) is 6.33 Å². The van der Waals surface area contributed by atoms with Crippen molar-refractivity contribution in [2.75, 3.05) is 6.61 Å². The second kappa shape index (κ2) is 9.89. The number of ether oxygens (including phenoxy) is 2. The first-order valence-electron chi connectivity index (χ1n) is 11.8. The molecule has 35 heavy (non-hydrogen) atoms. The summed E-state index contributed by atoms with van der Waals surface area (Å²) in [5.74, 6) is 5.88. The van der Waals surface area contributed by atoms with E-state index < -0.39 is 20.6 Å². The van der Waals surface area contributed by atoms with Crippen LogP contribution in [0.15, 0.2) is 43.0 Å². The van der Waals surface area contributed by atoms with Crippen LogP contribution in [0.2, 0.25) is 18.1 Å². The fourth-order valence-corrected chi connectivity index (χ4v) is 4.69. The third-order valence-electron chi connectivity index (χ3n) is 6.68. The zero-order chi connectivity index (χ0) is 25.2. The first kappa shape index (κ1) is 25.0. The molecule has 9 heteroatoms. The maximum atomic E-state index is 11.8. The molecule has 0 amide bonds. The lowest BCUT2D eigenvalue weighted by molar-refractivity contribution is -0.150. The number of imidazole rings is 1. The number of carbonyl (C=O) groups excluding carboxylic acids is 1. The lowest BCUT2D eigenvalue weighted by Gasteiger charge is -2.37. The lowest BCUT2D eigenvalue weighted by atomic mass is 10.2. The van der Waals surface area contributed by atoms with Crippen LogP contribution in [-0.2, 0) is 18.7 Å². The van der Waals surface area contributed by atoms with Gasteiger partial charge in [0, 0.05) is 18.9 Å². The Morgan fingerprint density at radius 2 is 1.91 bits per heavy atom. The van der Waals surface area contributed by atoms with Crippen LogP contribution in [-0.4, -0.2) is 52.6 Å². The molecule has 184 valence electrons. The van der Waals surface area contributed by atoms with Gasteiger partial charge in [0.15, 0.2) is 14.0 Å². The van der Waals surface area contributed by atoms with Crippen LogP contribution in [0.25, 0.3) is 11.2 Å². The SMILES string of the molecule is CC(=O)O[C@H]1C[C@H](n2cnc3c(C#Cc4ccccc4)ncnc32)O[C@H]1CO[Si](C)(C)C(C)(C)C. The molecule has 4 rings (SSSR count). The summed E-state index contributed by atoms with van der Waals surface area (Å²) in [5, 5.41) is 0.0661. The minimum absolute atomic E-state index is 0.0661. The highest BCUT2D eigenvalue weighted by molar-refractivity contribution is 6.74. The van der Waals surface area contributed by atoms with Crippen molar-refractivity contribution in [1.29, 1.82) is 0 Å². The Morgan fingerprint density at radius 3 is 2.60 bits per heavy atom. The van der Waals surface area contributed by atoms with Crippen LogP contribution in [0, 0.1) is 11.8 Å². The molecule has 1 aromatic carbocycles. The highest BCUT2D eigenvalue weighted by Crippen LogP contribution is 2.38. The van der Waals surface area contributed by atoms with Crippen molar-refractivity contribution in [3.63, 3.8) is 0 Å². The van der Waals surface area contributed by atoms with Crippen LogP contribution in [0.4, 0.5) is 0 Å². The minimum atomic E-state index is -1.99. The Kier molecular flexibility index (Phi) is 7.08. The second-order valence-corrected chi connectivity index (χ2v) is 15.1. The largest absolute Gasteiger partial charge is 0.460 e. The molecule has 0 bridgehead atoms. The van der Waals surface area contributed by atoms with Gasteiger partial charge >= 0.3 is 5.97 Å². The molecule has 0 unspecified atom stereocenters. The Hall–Kier alpha value is -3.06. The van der Waals surface area contributed by atoms with Crippen molar-refractivity contribution >= 4 is 25.5 Å². The van der Waals surface area contributed by atoms with E-state index in [0.29, 0.717) is 29.9 Å². The summed E-state index contributed by atoms with van der Waals surface area (Å²) in [6.07, 6.45) is 2.44. The summed E-state index contributed by atoms with van der Waals surface area (Å²) in [4.78, 5) is 25.1. The van der Waals surface area contributed by atoms with Crippen LogP contribution in [0.1, 0.15) is 51.6 Å². The maximum absolute atomic E-state index is 11.8. The van der Waals surface area contributed by atoms with Gasteiger partial charge in [-0.15, -0.1) is 0 Å². The van der Waals surface area contributed by atoms with Crippen LogP contribution < -0.4 is 0 Å². The first-order valence-corrected chi connectivity index (χ1v) is 14.7. The summed E-state index contributed by atoms with van der Waals surface area (Å²) in [6.45, 7) is 12.7. The maximum Gasteiger partial charge on any atom is 0.302 e. The molecular weight excluding hydrogens is 460 g/mol. The van der Waals surface area contributed by atoms with Crippen LogP contribution in [0.5, 0.6) is 0 Å². The third-order valence-corrected chi connectivity index (χ3v) is 11.2. The van der Waals surface area contributed by atoms with E-state index in [4.69, 9.17) is 13.9 Å². The summed E-state index contributed by atoms with van der Waals surface area (Å²) in [7, 11) is -1.99. The average molecular weight is 493 g/mol. The smallest absolute Gasteiger partial charge is 0.302 e. The van der Waals surface area contributed by atoms with Gasteiger partial charge in [-0.2, -0.15) is 0 Å². The molecule has 0 radical (unpaired) electrons. The Balaban J connectivity index is 1.57. The van der Waals surface area contributed by atoms with Gasteiger partial charge in [-0.25, -0.2) is 15.0 Å². The number of benzene rings is 1. The van der Waals surface area contributed by atoms with Gasteiger partial charge in [0.1, 0.15) is 36.0 Å². The molecule has 2 aromatic heterocycles. The predicted octanol–water partition coefficient (Wildman–Crippen LogP) is 4.47. The first-order chi connectivity index (χ1) is 16.5. The van der Waals surface area contributed by atoms with Gasteiger partial charge in [0.2, 0.25) is 0 Å². The normalized spacial score (nSPS) is 20.5. The number of hydrogen-bond donors (Lipinski definition) is 0. The average Bonchev–Trinajstić information content (AvgIpc) is 3.40. The summed E-state index contributed by atoms with van der Waals surface area (Å²) < 4.78 is 20.2. The zero-order valence-corrected chi connectivity index (χ0v) is 22.1. The van der Waals surface area contributed by atoms with E-state index in [1.165, 1.54) is 13.3 Å². The highest BCUT2D eigenvalue weighted by Gasteiger charge is 2.43. The quantitative estimate of drug-likeness (QED) is 0.295. The van der Waals surface area contributed by atoms with Crippen LogP contribution >= 0.6 is 0 Å². The molecule has 1 fully saturated rings. The van der Waals surface area contributed by atoms with E-state index in [2.05, 4.69) is 60.7 Å². The molecule has 1 aliphatic heterocycles. The molecule has 0 aliphatic carbocycles. The van der Waals surface area contributed by atoms with Crippen molar-refractivity contribution in [1.82, 2.24) is 19.5 Å². The number of carbonyl (C=O) groups is 1. The Labute approximate surface area is 207 Å². The molecule has 1 aliphatic rings. The van der Waals surface area contributed by atoms with Crippen molar-refractivity contribution < 1.29 is 18.7 Å². The van der Waals surface area contributed by atoms with Crippen molar-refractivity contribution in [2.45, 2.75) is 70.7 Å². The lowest BCUT2D eigenvalue weighted by Crippen LogP contribution is -2.44. The van der Waals surface area contributed by atoms with E-state index in [-0.39, 0.29) is 17.1 Å². The number of aromatic nitrogens is 4. The molecule has 3 atom stereocenters. The number of esters is 1. The molecule has 3 heterocycles. The molecule has 3 aromatic rings. The van der Waals surface area contributed by atoms with Gasteiger partial charge < -0.3 is 13.9 Å². The fraction of sp³-hybridized carbons (Fsp3) is 0.462. The third kappa shape index (κ3) is 5.61. The number of fused-ring (bicyclic) bond motifs is 1. The second-order valence-electron chi connectivity index (χ2n) is 10.2. The van der Waals surface area contributed by atoms with Gasteiger partial charge in [-0.1, -0.05) is 44.9 Å².